The lowest BCUT2D eigenvalue weighted by Gasteiger charge is -2.15. The summed E-state index contributed by atoms with van der Waals surface area (Å²) in [5, 5.41) is 2.45. The van der Waals surface area contributed by atoms with Crippen LogP contribution in [0.1, 0.15) is 0 Å². The number of methoxy groups -OCH3 is 3. The van der Waals surface area contributed by atoms with Crippen molar-refractivity contribution in [3.05, 3.63) is 56.5 Å². The Balaban J connectivity index is 2.22. The van der Waals surface area contributed by atoms with Gasteiger partial charge in [0.15, 0.2) is 11.5 Å². The van der Waals surface area contributed by atoms with Crippen molar-refractivity contribution in [2.45, 2.75) is 0 Å². The monoisotopic (exact) mass is 377 g/mol. The predicted octanol–water partition coefficient (Wildman–Crippen LogP) is 4.25. The van der Waals surface area contributed by atoms with Gasteiger partial charge in [-0.15, -0.1) is 0 Å². The summed E-state index contributed by atoms with van der Waals surface area (Å²) in [6, 6.07) is 10.8. The molecule has 0 aliphatic heterocycles. The van der Waals surface area contributed by atoms with Gasteiger partial charge in [-0.05, 0) is 17.7 Å². The minimum absolute atomic E-state index is 0.112. The molecule has 0 fully saturated rings. The average Bonchev–Trinajstić information content (AvgIpc) is 3.02. The summed E-state index contributed by atoms with van der Waals surface area (Å²) in [5.41, 5.74) is 2.28. The van der Waals surface area contributed by atoms with Crippen LogP contribution in [-0.2, 0) is 0 Å². The van der Waals surface area contributed by atoms with Gasteiger partial charge >= 0.3 is 4.87 Å². The largest absolute Gasteiger partial charge is 0.493 e. The normalized spacial score (nSPS) is 10.6. The second kappa shape index (κ2) is 7.21. The van der Waals surface area contributed by atoms with Gasteiger partial charge in [0, 0.05) is 22.5 Å². The molecule has 0 spiro atoms. The first-order chi connectivity index (χ1) is 12.1. The fourth-order valence-corrected chi connectivity index (χ4v) is 3.46. The third-order valence-corrected chi connectivity index (χ3v) is 4.72. The standard InChI is InChI=1S/C18H16ClNO4S/c1-22-15-8-13(9-16(23-2)17(15)24-3)20-14(10-25-18(20)21)11-4-6-12(19)7-5-11/h4-10H,1-3H3. The van der Waals surface area contributed by atoms with Crippen LogP contribution in [0.2, 0.25) is 5.02 Å². The van der Waals surface area contributed by atoms with E-state index in [1.54, 1.807) is 28.8 Å². The number of halogens is 1. The first-order valence-electron chi connectivity index (χ1n) is 7.36. The number of hydrogen-bond acceptors (Lipinski definition) is 5. The first kappa shape index (κ1) is 17.4. The third kappa shape index (κ3) is 3.23. The molecule has 0 unspecified atom stereocenters. The number of thiazole rings is 1. The fraction of sp³-hybridized carbons (Fsp3) is 0.167. The Morgan fingerprint density at radius 2 is 1.56 bits per heavy atom. The van der Waals surface area contributed by atoms with Gasteiger partial charge in [-0.1, -0.05) is 35.1 Å². The molecule has 1 aromatic heterocycles. The van der Waals surface area contributed by atoms with Crippen molar-refractivity contribution in [1.29, 1.82) is 0 Å². The lowest BCUT2D eigenvalue weighted by atomic mass is 10.1. The van der Waals surface area contributed by atoms with E-state index in [0.717, 1.165) is 22.6 Å². The van der Waals surface area contributed by atoms with Crippen LogP contribution in [0.5, 0.6) is 17.2 Å². The molecule has 0 amide bonds. The average molecular weight is 378 g/mol. The maximum absolute atomic E-state index is 12.5. The zero-order chi connectivity index (χ0) is 18.0. The second-order valence-corrected chi connectivity index (χ2v) is 6.37. The number of benzene rings is 2. The Morgan fingerprint density at radius 1 is 0.960 bits per heavy atom. The summed E-state index contributed by atoms with van der Waals surface area (Å²) < 4.78 is 17.7. The number of ether oxygens (including phenoxy) is 3. The Bertz CT molecular complexity index is 921. The van der Waals surface area contributed by atoms with Crippen molar-refractivity contribution in [3.63, 3.8) is 0 Å². The summed E-state index contributed by atoms with van der Waals surface area (Å²) in [7, 11) is 4.62. The molecular formula is C18H16ClNO4S. The summed E-state index contributed by atoms with van der Waals surface area (Å²) >= 11 is 7.08. The van der Waals surface area contributed by atoms with Gasteiger partial charge in [-0.25, -0.2) is 0 Å². The molecule has 7 heteroatoms. The van der Waals surface area contributed by atoms with Crippen molar-refractivity contribution in [2.24, 2.45) is 0 Å². The third-order valence-electron chi connectivity index (χ3n) is 3.74. The van der Waals surface area contributed by atoms with Crippen LogP contribution in [0.3, 0.4) is 0 Å². The van der Waals surface area contributed by atoms with Crippen LogP contribution in [0, 0.1) is 0 Å². The zero-order valence-corrected chi connectivity index (χ0v) is 15.5. The SMILES string of the molecule is COc1cc(-n2c(-c3ccc(Cl)cc3)csc2=O)cc(OC)c1OC. The summed E-state index contributed by atoms with van der Waals surface area (Å²) in [6.07, 6.45) is 0. The number of aromatic nitrogens is 1. The Morgan fingerprint density at radius 3 is 2.08 bits per heavy atom. The van der Waals surface area contributed by atoms with Crippen LogP contribution < -0.4 is 19.1 Å². The van der Waals surface area contributed by atoms with Crippen LogP contribution in [0.15, 0.2) is 46.6 Å². The molecule has 3 rings (SSSR count). The molecule has 0 atom stereocenters. The lowest BCUT2D eigenvalue weighted by molar-refractivity contribution is 0.324. The van der Waals surface area contributed by atoms with Gasteiger partial charge in [0.2, 0.25) is 5.75 Å². The molecule has 3 aromatic rings. The Hall–Kier alpha value is -2.44. The summed E-state index contributed by atoms with van der Waals surface area (Å²) in [6.45, 7) is 0. The van der Waals surface area contributed by atoms with Gasteiger partial charge in [0.1, 0.15) is 0 Å². The predicted molar refractivity (Wildman–Crippen MR) is 100 cm³/mol. The van der Waals surface area contributed by atoms with Crippen LogP contribution >= 0.6 is 22.9 Å². The van der Waals surface area contributed by atoms with Gasteiger partial charge in [-0.3, -0.25) is 9.36 Å². The molecule has 2 aromatic carbocycles. The van der Waals surface area contributed by atoms with E-state index in [-0.39, 0.29) is 4.87 Å². The number of hydrogen-bond donors (Lipinski definition) is 0. The molecule has 25 heavy (non-hydrogen) atoms. The maximum atomic E-state index is 12.5. The van der Waals surface area contributed by atoms with Crippen LogP contribution in [0.25, 0.3) is 16.9 Å². The Kier molecular flexibility index (Phi) is 5.01. The van der Waals surface area contributed by atoms with E-state index in [1.165, 1.54) is 21.3 Å². The highest BCUT2D eigenvalue weighted by atomic mass is 35.5. The molecule has 0 N–H and O–H groups in total. The van der Waals surface area contributed by atoms with Crippen molar-refractivity contribution in [2.75, 3.05) is 21.3 Å². The molecular weight excluding hydrogens is 362 g/mol. The number of rotatable bonds is 5. The van der Waals surface area contributed by atoms with Crippen LogP contribution in [0.4, 0.5) is 0 Å². The molecule has 0 saturated carbocycles. The first-order valence-corrected chi connectivity index (χ1v) is 8.61. The highest BCUT2D eigenvalue weighted by molar-refractivity contribution is 7.07. The quantitative estimate of drug-likeness (QED) is 0.667. The van der Waals surface area contributed by atoms with Crippen molar-refractivity contribution in [3.8, 4) is 34.2 Å². The van der Waals surface area contributed by atoms with Gasteiger partial charge < -0.3 is 14.2 Å². The van der Waals surface area contributed by atoms with Gasteiger partial charge in [-0.2, -0.15) is 0 Å². The van der Waals surface area contributed by atoms with E-state index in [0.29, 0.717) is 28.0 Å². The topological polar surface area (TPSA) is 49.7 Å². The second-order valence-electron chi connectivity index (χ2n) is 5.11. The van der Waals surface area contributed by atoms with Gasteiger partial charge in [0.25, 0.3) is 0 Å². The molecule has 130 valence electrons. The highest BCUT2D eigenvalue weighted by Gasteiger charge is 2.18. The van der Waals surface area contributed by atoms with Gasteiger partial charge in [0.05, 0.1) is 32.7 Å². The van der Waals surface area contributed by atoms with E-state index >= 15 is 0 Å². The van der Waals surface area contributed by atoms with E-state index in [9.17, 15) is 4.79 Å². The van der Waals surface area contributed by atoms with E-state index in [1.807, 2.05) is 17.5 Å². The molecule has 0 aliphatic carbocycles. The minimum Gasteiger partial charge on any atom is -0.493 e. The molecule has 0 bridgehead atoms. The molecule has 1 heterocycles. The molecule has 0 aliphatic rings. The fourth-order valence-electron chi connectivity index (χ4n) is 2.57. The smallest absolute Gasteiger partial charge is 0.312 e. The van der Waals surface area contributed by atoms with E-state index in [4.69, 9.17) is 25.8 Å². The van der Waals surface area contributed by atoms with Crippen molar-refractivity contribution in [1.82, 2.24) is 4.57 Å². The Labute approximate surface area is 154 Å². The molecule has 0 radical (unpaired) electrons. The molecule has 5 nitrogen and oxygen atoms in total. The van der Waals surface area contributed by atoms with Crippen molar-refractivity contribution < 1.29 is 14.2 Å². The maximum Gasteiger partial charge on any atom is 0.312 e. The molecule has 0 saturated heterocycles. The minimum atomic E-state index is -0.112. The summed E-state index contributed by atoms with van der Waals surface area (Å²) in [4.78, 5) is 12.4. The summed E-state index contributed by atoms with van der Waals surface area (Å²) in [5.74, 6) is 1.44. The zero-order valence-electron chi connectivity index (χ0n) is 13.9. The number of nitrogens with zero attached hydrogens (tertiary/aromatic N) is 1. The van der Waals surface area contributed by atoms with E-state index in [2.05, 4.69) is 0 Å². The lowest BCUT2D eigenvalue weighted by Crippen LogP contribution is -2.12. The van der Waals surface area contributed by atoms with Crippen molar-refractivity contribution >= 4 is 22.9 Å². The highest BCUT2D eigenvalue weighted by Crippen LogP contribution is 2.40. The van der Waals surface area contributed by atoms with Crippen LogP contribution in [-0.4, -0.2) is 25.9 Å². The van der Waals surface area contributed by atoms with E-state index < -0.39 is 0 Å².